The average molecular weight is 367 g/mol. The lowest BCUT2D eigenvalue weighted by Gasteiger charge is -2.18. The van der Waals surface area contributed by atoms with E-state index >= 15 is 0 Å². The SMILES string of the molecule is CCCCCCCCCOc1ccc2c([C@H](N)C(F)(F)F)cccc2c1. The van der Waals surface area contributed by atoms with Gasteiger partial charge >= 0.3 is 6.18 Å². The lowest BCUT2D eigenvalue weighted by atomic mass is 9.99. The van der Waals surface area contributed by atoms with Crippen LogP contribution < -0.4 is 10.5 Å². The van der Waals surface area contributed by atoms with Crippen LogP contribution in [0.3, 0.4) is 0 Å². The summed E-state index contributed by atoms with van der Waals surface area (Å²) in [4.78, 5) is 0. The first-order valence-electron chi connectivity index (χ1n) is 9.41. The van der Waals surface area contributed by atoms with Gasteiger partial charge < -0.3 is 10.5 Å². The van der Waals surface area contributed by atoms with Crippen molar-refractivity contribution in [1.29, 1.82) is 0 Å². The van der Waals surface area contributed by atoms with Gasteiger partial charge in [0.15, 0.2) is 0 Å². The predicted octanol–water partition coefficient (Wildman–Crippen LogP) is 6.53. The summed E-state index contributed by atoms with van der Waals surface area (Å²) in [5.74, 6) is 0.682. The third-order valence-corrected chi connectivity index (χ3v) is 4.59. The van der Waals surface area contributed by atoms with Gasteiger partial charge in [0.05, 0.1) is 6.61 Å². The molecule has 2 N–H and O–H groups in total. The highest BCUT2D eigenvalue weighted by Gasteiger charge is 2.38. The van der Waals surface area contributed by atoms with Crippen LogP contribution in [0.25, 0.3) is 10.8 Å². The van der Waals surface area contributed by atoms with E-state index in [9.17, 15) is 13.2 Å². The molecule has 0 fully saturated rings. The van der Waals surface area contributed by atoms with Crippen molar-refractivity contribution in [3.8, 4) is 5.75 Å². The van der Waals surface area contributed by atoms with Crippen LogP contribution in [-0.2, 0) is 0 Å². The first-order chi connectivity index (χ1) is 12.4. The molecule has 0 aliphatic heterocycles. The van der Waals surface area contributed by atoms with Gasteiger partial charge in [-0.05, 0) is 34.9 Å². The van der Waals surface area contributed by atoms with E-state index in [-0.39, 0.29) is 5.56 Å². The Balaban J connectivity index is 1.91. The lowest BCUT2D eigenvalue weighted by molar-refractivity contribution is -0.148. The highest BCUT2D eigenvalue weighted by molar-refractivity contribution is 5.87. The number of unbranched alkanes of at least 4 members (excludes halogenated alkanes) is 6. The van der Waals surface area contributed by atoms with Gasteiger partial charge in [0, 0.05) is 0 Å². The molecule has 0 heterocycles. The second-order valence-electron chi connectivity index (χ2n) is 6.72. The Kier molecular flexibility index (Phi) is 7.76. The van der Waals surface area contributed by atoms with E-state index in [0.717, 1.165) is 12.8 Å². The van der Waals surface area contributed by atoms with Crippen LogP contribution in [-0.4, -0.2) is 12.8 Å². The molecule has 0 bridgehead atoms. The summed E-state index contributed by atoms with van der Waals surface area (Å²) in [5, 5.41) is 1.22. The molecule has 0 aromatic heterocycles. The van der Waals surface area contributed by atoms with Crippen LogP contribution in [0.2, 0.25) is 0 Å². The van der Waals surface area contributed by atoms with Gasteiger partial charge in [0.25, 0.3) is 0 Å². The van der Waals surface area contributed by atoms with Crippen molar-refractivity contribution in [3.63, 3.8) is 0 Å². The van der Waals surface area contributed by atoms with Crippen molar-refractivity contribution in [1.82, 2.24) is 0 Å². The van der Waals surface area contributed by atoms with Crippen LogP contribution in [0, 0.1) is 0 Å². The molecule has 2 nitrogen and oxygen atoms in total. The Hall–Kier alpha value is -1.75. The Bertz CT molecular complexity index is 685. The fourth-order valence-electron chi connectivity index (χ4n) is 3.07. The second kappa shape index (κ2) is 9.81. The molecule has 0 unspecified atom stereocenters. The van der Waals surface area contributed by atoms with Crippen LogP contribution >= 0.6 is 0 Å². The summed E-state index contributed by atoms with van der Waals surface area (Å²) >= 11 is 0. The topological polar surface area (TPSA) is 35.2 Å². The zero-order chi connectivity index (χ0) is 19.0. The highest BCUT2D eigenvalue weighted by Crippen LogP contribution is 2.35. The number of ether oxygens (including phenoxy) is 1. The van der Waals surface area contributed by atoms with Crippen molar-refractivity contribution < 1.29 is 17.9 Å². The second-order valence-corrected chi connectivity index (χ2v) is 6.72. The lowest BCUT2D eigenvalue weighted by Crippen LogP contribution is -2.28. The molecule has 26 heavy (non-hydrogen) atoms. The van der Waals surface area contributed by atoms with E-state index in [1.807, 2.05) is 0 Å². The van der Waals surface area contributed by atoms with Gasteiger partial charge in [0.1, 0.15) is 11.8 Å². The summed E-state index contributed by atoms with van der Waals surface area (Å²) in [6, 6.07) is 7.99. The average Bonchev–Trinajstić information content (AvgIpc) is 2.62. The van der Waals surface area contributed by atoms with Gasteiger partial charge in [-0.1, -0.05) is 69.7 Å². The molecule has 0 spiro atoms. The van der Waals surface area contributed by atoms with Gasteiger partial charge in [-0.3, -0.25) is 0 Å². The van der Waals surface area contributed by atoms with Crippen molar-refractivity contribution >= 4 is 10.8 Å². The minimum absolute atomic E-state index is 0.0913. The van der Waals surface area contributed by atoms with E-state index in [1.165, 1.54) is 38.2 Å². The first kappa shape index (κ1) is 20.6. The van der Waals surface area contributed by atoms with Gasteiger partial charge in [-0.15, -0.1) is 0 Å². The van der Waals surface area contributed by atoms with Crippen molar-refractivity contribution in [2.45, 2.75) is 64.1 Å². The third kappa shape index (κ3) is 5.90. The third-order valence-electron chi connectivity index (χ3n) is 4.59. The van der Waals surface area contributed by atoms with Gasteiger partial charge in [-0.25, -0.2) is 0 Å². The number of halogens is 3. The van der Waals surface area contributed by atoms with Crippen molar-refractivity contribution in [2.75, 3.05) is 6.61 Å². The predicted molar refractivity (Wildman–Crippen MR) is 100 cm³/mol. The smallest absolute Gasteiger partial charge is 0.407 e. The molecule has 0 saturated carbocycles. The molecule has 0 saturated heterocycles. The summed E-state index contributed by atoms with van der Waals surface area (Å²) in [6.07, 6.45) is 4.01. The van der Waals surface area contributed by atoms with Crippen LogP contribution in [0.5, 0.6) is 5.75 Å². The molecule has 0 aliphatic rings. The monoisotopic (exact) mass is 367 g/mol. The van der Waals surface area contributed by atoms with E-state index in [1.54, 1.807) is 30.3 Å². The van der Waals surface area contributed by atoms with Crippen molar-refractivity contribution in [2.24, 2.45) is 5.73 Å². The molecule has 0 radical (unpaired) electrons. The molecule has 1 atom stereocenters. The van der Waals surface area contributed by atoms with E-state index in [2.05, 4.69) is 6.92 Å². The number of fused-ring (bicyclic) bond motifs is 1. The minimum Gasteiger partial charge on any atom is -0.494 e. The zero-order valence-electron chi connectivity index (χ0n) is 15.3. The fraction of sp³-hybridized carbons (Fsp3) is 0.524. The van der Waals surface area contributed by atoms with Crippen LogP contribution in [0.1, 0.15) is 63.5 Å². The summed E-state index contributed by atoms with van der Waals surface area (Å²) < 4.78 is 44.5. The fourth-order valence-corrected chi connectivity index (χ4v) is 3.07. The molecule has 2 aromatic rings. The number of rotatable bonds is 10. The Labute approximate surface area is 153 Å². The maximum absolute atomic E-state index is 12.9. The number of hydrogen-bond donors (Lipinski definition) is 1. The number of benzene rings is 2. The molecule has 5 heteroatoms. The molecule has 0 aliphatic carbocycles. The number of nitrogens with two attached hydrogens (primary N) is 1. The van der Waals surface area contributed by atoms with Crippen LogP contribution in [0.15, 0.2) is 36.4 Å². The molecule has 144 valence electrons. The standard InChI is InChI=1S/C21H28F3NO/c1-2-3-4-5-6-7-8-14-26-17-12-13-18-16(15-17)10-9-11-19(18)20(25)21(22,23)24/h9-13,15,20H,2-8,14,25H2,1H3/t20-/m0/s1. The quantitative estimate of drug-likeness (QED) is 0.484. The molecular weight excluding hydrogens is 339 g/mol. The first-order valence-corrected chi connectivity index (χ1v) is 9.41. The van der Waals surface area contributed by atoms with E-state index < -0.39 is 12.2 Å². The maximum atomic E-state index is 12.9. The molecule has 0 amide bonds. The number of hydrogen-bond acceptors (Lipinski definition) is 2. The zero-order valence-corrected chi connectivity index (χ0v) is 15.3. The summed E-state index contributed by atoms with van der Waals surface area (Å²) in [7, 11) is 0. The Morgan fingerprint density at radius 2 is 1.65 bits per heavy atom. The normalized spacial score (nSPS) is 13.1. The minimum atomic E-state index is -4.46. The molecular formula is C21H28F3NO. The summed E-state index contributed by atoms with van der Waals surface area (Å²) in [6.45, 7) is 2.83. The number of alkyl halides is 3. The molecule has 2 aromatic carbocycles. The van der Waals surface area contributed by atoms with Gasteiger partial charge in [-0.2, -0.15) is 13.2 Å². The highest BCUT2D eigenvalue weighted by atomic mass is 19.4. The maximum Gasteiger partial charge on any atom is 0.407 e. The largest absolute Gasteiger partial charge is 0.494 e. The van der Waals surface area contributed by atoms with Gasteiger partial charge in [0.2, 0.25) is 0 Å². The summed E-state index contributed by atoms with van der Waals surface area (Å²) in [5.41, 5.74) is 5.47. The Morgan fingerprint density at radius 1 is 0.962 bits per heavy atom. The van der Waals surface area contributed by atoms with Crippen molar-refractivity contribution in [3.05, 3.63) is 42.0 Å². The van der Waals surface area contributed by atoms with E-state index in [0.29, 0.717) is 23.1 Å². The Morgan fingerprint density at radius 3 is 2.35 bits per heavy atom. The van der Waals surface area contributed by atoms with Crippen LogP contribution in [0.4, 0.5) is 13.2 Å². The van der Waals surface area contributed by atoms with E-state index in [4.69, 9.17) is 10.5 Å². The molecule has 2 rings (SSSR count).